The molecule has 0 unspecified atom stereocenters. The molecule has 0 spiro atoms. The van der Waals surface area contributed by atoms with Crippen LogP contribution in [0.1, 0.15) is 45.4 Å². The van der Waals surface area contributed by atoms with Crippen LogP contribution in [-0.2, 0) is 49.2 Å². The van der Waals surface area contributed by atoms with Crippen LogP contribution < -0.4 is 11.5 Å². The van der Waals surface area contributed by atoms with E-state index in [-0.39, 0.29) is 11.5 Å². The van der Waals surface area contributed by atoms with Crippen molar-refractivity contribution in [3.05, 3.63) is 30.6 Å². The van der Waals surface area contributed by atoms with Crippen molar-refractivity contribution in [2.75, 3.05) is 118 Å². The van der Waals surface area contributed by atoms with Gasteiger partial charge in [0.05, 0.1) is 104 Å². The summed E-state index contributed by atoms with van der Waals surface area (Å²) in [5.74, 6) is 0.757. The summed E-state index contributed by atoms with van der Waals surface area (Å²) in [5.41, 5.74) is 14.5. The zero-order chi connectivity index (χ0) is 40.1. The number of Topliss-reactive ketones (excluding diaryl/α,β-unsaturated/α-hetero) is 1. The molecule has 17 heteroatoms. The van der Waals surface area contributed by atoms with Crippen molar-refractivity contribution in [1.82, 2.24) is 24.7 Å². The van der Waals surface area contributed by atoms with Crippen molar-refractivity contribution in [1.29, 1.82) is 0 Å². The lowest BCUT2D eigenvalue weighted by Gasteiger charge is -2.07. The van der Waals surface area contributed by atoms with E-state index in [9.17, 15) is 9.90 Å². The van der Waals surface area contributed by atoms with Crippen LogP contribution in [0.2, 0.25) is 0 Å². The molecule has 0 saturated carbocycles. The molecule has 0 fully saturated rings. The molecule has 3 heterocycles. The molecule has 56 heavy (non-hydrogen) atoms. The highest BCUT2D eigenvalue weighted by atomic mass is 16.6. The first-order chi connectivity index (χ1) is 27.5. The van der Waals surface area contributed by atoms with Crippen LogP contribution in [0.4, 0.5) is 5.82 Å². The van der Waals surface area contributed by atoms with Crippen LogP contribution in [0.5, 0.6) is 5.75 Å². The van der Waals surface area contributed by atoms with E-state index >= 15 is 0 Å². The van der Waals surface area contributed by atoms with Gasteiger partial charge in [-0.05, 0) is 43.5 Å². The number of phenolic OH excluding ortho intramolecular Hbond substituents is 1. The number of nitrogen functional groups attached to an aromatic ring is 1. The van der Waals surface area contributed by atoms with E-state index in [2.05, 4.69) is 21.9 Å². The van der Waals surface area contributed by atoms with Gasteiger partial charge >= 0.3 is 0 Å². The maximum absolute atomic E-state index is 12.2. The van der Waals surface area contributed by atoms with Gasteiger partial charge in [0, 0.05) is 50.6 Å². The molecule has 0 aliphatic heterocycles. The summed E-state index contributed by atoms with van der Waals surface area (Å²) in [6, 6.07) is 7.07. The quantitative estimate of drug-likeness (QED) is 0.0515. The van der Waals surface area contributed by atoms with Crippen molar-refractivity contribution < 1.29 is 47.8 Å². The topological polar surface area (TPSA) is 223 Å². The zero-order valence-corrected chi connectivity index (χ0v) is 33.2. The van der Waals surface area contributed by atoms with E-state index in [0.29, 0.717) is 141 Å². The number of nitrogens with two attached hydrogens (primary N) is 2. The van der Waals surface area contributed by atoms with Crippen molar-refractivity contribution in [2.24, 2.45) is 5.73 Å². The second-order valence-corrected chi connectivity index (χ2v) is 12.7. The van der Waals surface area contributed by atoms with E-state index in [1.54, 1.807) is 19.2 Å². The lowest BCUT2D eigenvalue weighted by molar-refractivity contribution is -0.120. The number of rotatable bonds is 32. The number of hydrogen-bond acceptors (Lipinski definition) is 15. The second kappa shape index (κ2) is 29.5. The summed E-state index contributed by atoms with van der Waals surface area (Å²) in [7, 11) is 1.64. The molecule has 4 rings (SSSR count). The minimum atomic E-state index is 0.198. The van der Waals surface area contributed by atoms with Crippen molar-refractivity contribution in [3.8, 4) is 17.1 Å². The number of carbonyl (C=O) groups is 1. The van der Waals surface area contributed by atoms with Crippen LogP contribution in [0.15, 0.2) is 30.6 Å². The number of ketones is 1. The number of fused-ring (bicyclic) bond motifs is 2. The number of nitrogens with one attached hydrogen (secondary N) is 1. The zero-order valence-electron chi connectivity index (χ0n) is 33.2. The number of anilines is 1. The van der Waals surface area contributed by atoms with Crippen LogP contribution in [0.3, 0.4) is 0 Å². The molecule has 6 N–H and O–H groups in total. The largest absolute Gasteiger partial charge is 0.508 e. The molecule has 0 aliphatic rings. The van der Waals surface area contributed by atoms with Gasteiger partial charge < -0.3 is 59.5 Å². The fourth-order valence-electron chi connectivity index (χ4n) is 5.37. The Morgan fingerprint density at radius 1 is 0.750 bits per heavy atom. The van der Waals surface area contributed by atoms with Gasteiger partial charge in [-0.3, -0.25) is 4.79 Å². The molecule has 3 aromatic heterocycles. The molecule has 0 saturated heterocycles. The maximum Gasteiger partial charge on any atom is 0.164 e. The summed E-state index contributed by atoms with van der Waals surface area (Å²) >= 11 is 0. The lowest BCUT2D eigenvalue weighted by Crippen LogP contribution is -2.14. The Hall–Kier alpha value is -3.78. The van der Waals surface area contributed by atoms with Crippen molar-refractivity contribution >= 4 is 33.5 Å². The average molecular weight is 790 g/mol. The number of aryl methyl sites for hydroxylation is 1. The molecule has 0 amide bonds. The molecule has 17 nitrogen and oxygen atoms in total. The van der Waals surface area contributed by atoms with Gasteiger partial charge in [-0.2, -0.15) is 5.10 Å². The summed E-state index contributed by atoms with van der Waals surface area (Å²) in [4.78, 5) is 24.1. The number of aromatic amines is 1. The molecule has 0 bridgehead atoms. The Morgan fingerprint density at radius 3 is 1.98 bits per heavy atom. The predicted octanol–water partition coefficient (Wildman–Crippen LogP) is 3.90. The SMILES string of the molecule is CCCOCCOCCOCCOCCN.COCCOCCOCCOCCC(=O)CCCCCn1nc(-c2cc3cc(O)ccc3[nH]2)c2c(N)ncnc21. The minimum Gasteiger partial charge on any atom is -0.508 e. The summed E-state index contributed by atoms with van der Waals surface area (Å²) in [6.07, 6.45) is 5.96. The summed E-state index contributed by atoms with van der Waals surface area (Å²) in [6.45, 7) is 11.9. The minimum absolute atomic E-state index is 0.198. The molecule has 1 aromatic carbocycles. The van der Waals surface area contributed by atoms with Crippen LogP contribution in [0.25, 0.3) is 33.3 Å². The third-order valence-electron chi connectivity index (χ3n) is 8.17. The number of aromatic hydroxyl groups is 1. The first-order valence-electron chi connectivity index (χ1n) is 19.5. The van der Waals surface area contributed by atoms with Gasteiger partial charge in [0.25, 0.3) is 0 Å². The number of carbonyl (C=O) groups excluding carboxylic acids is 1. The highest BCUT2D eigenvalue weighted by Crippen LogP contribution is 2.32. The first-order valence-corrected chi connectivity index (χ1v) is 19.5. The standard InChI is InChI=1S/C28H38N6O6.C11H25NO4/c1-37-11-12-39-15-16-40-14-13-38-10-8-21(35)5-3-2-4-9-34-28-25(27(29)30-19-31-28)26(33-34)24-18-20-17-22(36)6-7-23(20)32-24;1-2-4-13-6-8-15-10-11-16-9-7-14-5-3-12/h6-7,17-19,32,36H,2-5,8-16H2,1H3,(H2,29,30,31);2-12H2,1H3. The van der Waals surface area contributed by atoms with Crippen molar-refractivity contribution in [2.45, 2.75) is 52.0 Å². The number of aromatic nitrogens is 5. The fourth-order valence-corrected chi connectivity index (χ4v) is 5.37. The van der Waals surface area contributed by atoms with E-state index < -0.39 is 0 Å². The van der Waals surface area contributed by atoms with E-state index in [0.717, 1.165) is 48.9 Å². The molecule has 314 valence electrons. The van der Waals surface area contributed by atoms with Crippen LogP contribution in [0, 0.1) is 0 Å². The lowest BCUT2D eigenvalue weighted by atomic mass is 10.1. The second-order valence-electron chi connectivity index (χ2n) is 12.7. The Labute approximate surface area is 329 Å². The number of H-pyrrole nitrogens is 1. The monoisotopic (exact) mass is 789 g/mol. The van der Waals surface area contributed by atoms with E-state index in [1.807, 2.05) is 16.8 Å². The molecule has 0 radical (unpaired) electrons. The Bertz CT molecular complexity index is 1610. The summed E-state index contributed by atoms with van der Waals surface area (Å²) in [5, 5.41) is 16.2. The maximum atomic E-state index is 12.2. The number of nitrogens with zero attached hydrogens (tertiary/aromatic N) is 4. The summed E-state index contributed by atoms with van der Waals surface area (Å²) < 4.78 is 43.9. The van der Waals surface area contributed by atoms with Crippen LogP contribution >= 0.6 is 0 Å². The molecular formula is C39H63N7O10. The van der Waals surface area contributed by atoms with E-state index in [1.165, 1.54) is 6.33 Å². The Balaban J connectivity index is 0.000000444. The highest BCUT2D eigenvalue weighted by molar-refractivity contribution is 6.00. The third-order valence-corrected chi connectivity index (χ3v) is 8.17. The van der Waals surface area contributed by atoms with Crippen molar-refractivity contribution in [3.63, 3.8) is 0 Å². The number of methoxy groups -OCH3 is 1. The van der Waals surface area contributed by atoms with Gasteiger partial charge in [-0.15, -0.1) is 0 Å². The van der Waals surface area contributed by atoms with Gasteiger partial charge in [0.15, 0.2) is 5.65 Å². The van der Waals surface area contributed by atoms with Gasteiger partial charge in [0.1, 0.15) is 29.4 Å². The number of benzene rings is 1. The van der Waals surface area contributed by atoms with Crippen LogP contribution in [-0.4, -0.2) is 148 Å². The third kappa shape index (κ3) is 18.4. The molecule has 0 aliphatic carbocycles. The molecule has 0 atom stereocenters. The first kappa shape index (κ1) is 46.6. The highest BCUT2D eigenvalue weighted by Gasteiger charge is 2.18. The number of ether oxygens (including phenoxy) is 8. The number of phenols is 1. The van der Waals surface area contributed by atoms with E-state index in [4.69, 9.17) is 54.5 Å². The molecule has 4 aromatic rings. The number of hydrogen-bond donors (Lipinski definition) is 4. The molecular weight excluding hydrogens is 726 g/mol. The Kier molecular flexibility index (Phi) is 24.5. The Morgan fingerprint density at radius 2 is 1.36 bits per heavy atom. The van der Waals surface area contributed by atoms with Gasteiger partial charge in [0.2, 0.25) is 0 Å². The number of unbranched alkanes of at least 4 members (excludes halogenated alkanes) is 2. The van der Waals surface area contributed by atoms with Gasteiger partial charge in [-0.25, -0.2) is 14.6 Å². The average Bonchev–Trinajstić information content (AvgIpc) is 3.79. The fraction of sp³-hybridized carbons (Fsp3) is 0.641. The normalized spacial score (nSPS) is 11.4. The predicted molar refractivity (Wildman–Crippen MR) is 214 cm³/mol. The van der Waals surface area contributed by atoms with Gasteiger partial charge in [-0.1, -0.05) is 13.3 Å². The smallest absolute Gasteiger partial charge is 0.164 e.